The van der Waals surface area contributed by atoms with Gasteiger partial charge in [-0.25, -0.2) is 0 Å². The first-order chi connectivity index (χ1) is 9.42. The van der Waals surface area contributed by atoms with Gasteiger partial charge in [-0.15, -0.1) is 0 Å². The molecule has 0 aromatic heterocycles. The molecule has 0 radical (unpaired) electrons. The lowest BCUT2D eigenvalue weighted by Gasteiger charge is -2.17. The molecule has 0 bridgehead atoms. The fourth-order valence-electron chi connectivity index (χ4n) is 2.08. The number of hydrogen-bond donors (Lipinski definition) is 2. The van der Waals surface area contributed by atoms with Crippen LogP contribution in [0.4, 0.5) is 0 Å². The van der Waals surface area contributed by atoms with E-state index in [0.717, 1.165) is 19.3 Å². The highest BCUT2D eigenvalue weighted by Crippen LogP contribution is 2.24. The zero-order chi connectivity index (χ0) is 15.4. The Labute approximate surface area is 121 Å². The number of carboxylic acids is 2. The van der Waals surface area contributed by atoms with E-state index in [9.17, 15) is 9.59 Å². The van der Waals surface area contributed by atoms with Crippen LogP contribution in [-0.4, -0.2) is 22.2 Å². The fraction of sp³-hybridized carbons (Fsp3) is 0.750. The van der Waals surface area contributed by atoms with E-state index in [4.69, 9.17) is 10.2 Å². The van der Waals surface area contributed by atoms with Gasteiger partial charge in [0.15, 0.2) is 0 Å². The molecule has 116 valence electrons. The average Bonchev–Trinajstić information content (AvgIpc) is 2.35. The molecule has 0 saturated heterocycles. The second-order valence-corrected chi connectivity index (χ2v) is 5.61. The van der Waals surface area contributed by atoms with Gasteiger partial charge in [-0.3, -0.25) is 9.59 Å². The minimum absolute atomic E-state index is 0.379. The second kappa shape index (κ2) is 10.5. The lowest BCUT2D eigenvalue weighted by atomic mass is 9.86. The summed E-state index contributed by atoms with van der Waals surface area (Å²) in [6, 6.07) is 0. The van der Waals surface area contributed by atoms with Crippen molar-refractivity contribution in [1.29, 1.82) is 0 Å². The van der Waals surface area contributed by atoms with E-state index in [1.807, 2.05) is 6.08 Å². The molecule has 0 saturated carbocycles. The highest BCUT2D eigenvalue weighted by molar-refractivity contribution is 5.82. The predicted octanol–water partition coefficient (Wildman–Crippen LogP) is 4.25. The number of allylic oxidation sites excluding steroid dienone is 1. The maximum atomic E-state index is 11.1. The van der Waals surface area contributed by atoms with Crippen molar-refractivity contribution in [3.8, 4) is 0 Å². The van der Waals surface area contributed by atoms with E-state index in [0.29, 0.717) is 0 Å². The quantitative estimate of drug-likeness (QED) is 0.415. The van der Waals surface area contributed by atoms with Crippen molar-refractivity contribution in [2.45, 2.75) is 71.6 Å². The number of rotatable bonds is 12. The highest BCUT2D eigenvalue weighted by Gasteiger charge is 2.32. The fourth-order valence-corrected chi connectivity index (χ4v) is 2.08. The second-order valence-electron chi connectivity index (χ2n) is 5.61. The van der Waals surface area contributed by atoms with Crippen molar-refractivity contribution >= 4 is 11.9 Å². The van der Waals surface area contributed by atoms with Gasteiger partial charge in [0.05, 0.1) is 11.8 Å². The number of hydrogen-bond acceptors (Lipinski definition) is 2. The van der Waals surface area contributed by atoms with E-state index >= 15 is 0 Å². The summed E-state index contributed by atoms with van der Waals surface area (Å²) in [4.78, 5) is 21.8. The van der Waals surface area contributed by atoms with Crippen molar-refractivity contribution in [2.24, 2.45) is 5.41 Å². The molecule has 0 heterocycles. The van der Waals surface area contributed by atoms with E-state index in [1.54, 1.807) is 0 Å². The first kappa shape index (κ1) is 18.7. The van der Waals surface area contributed by atoms with Gasteiger partial charge in [0.2, 0.25) is 0 Å². The summed E-state index contributed by atoms with van der Waals surface area (Å²) < 4.78 is 0. The topological polar surface area (TPSA) is 74.6 Å². The normalized spacial score (nSPS) is 14.3. The maximum Gasteiger partial charge on any atom is 0.313 e. The molecule has 0 fully saturated rings. The van der Waals surface area contributed by atoms with Crippen molar-refractivity contribution < 1.29 is 19.8 Å². The van der Waals surface area contributed by atoms with Gasteiger partial charge in [0, 0.05) is 0 Å². The van der Waals surface area contributed by atoms with Gasteiger partial charge in [0.1, 0.15) is 0 Å². The average molecular weight is 284 g/mol. The van der Waals surface area contributed by atoms with Gasteiger partial charge < -0.3 is 10.2 Å². The summed E-state index contributed by atoms with van der Waals surface area (Å²) in [5, 5.41) is 17.8. The van der Waals surface area contributed by atoms with E-state index in [-0.39, 0.29) is 6.42 Å². The van der Waals surface area contributed by atoms with Crippen LogP contribution in [0.25, 0.3) is 0 Å². The molecule has 4 nitrogen and oxygen atoms in total. The molecule has 1 atom stereocenters. The minimum Gasteiger partial charge on any atom is -0.481 e. The summed E-state index contributed by atoms with van der Waals surface area (Å²) in [6.07, 6.45) is 12.3. The number of carboxylic acid groups (broad SMARTS) is 2. The third kappa shape index (κ3) is 8.73. The van der Waals surface area contributed by atoms with Gasteiger partial charge in [-0.1, -0.05) is 57.6 Å². The Morgan fingerprint density at radius 3 is 2.05 bits per heavy atom. The minimum atomic E-state index is -1.30. The molecule has 0 amide bonds. The van der Waals surface area contributed by atoms with Crippen molar-refractivity contribution in [3.05, 3.63) is 12.2 Å². The van der Waals surface area contributed by atoms with Crippen LogP contribution in [0.1, 0.15) is 71.6 Å². The summed E-state index contributed by atoms with van der Waals surface area (Å²) in [6.45, 7) is 3.64. The van der Waals surface area contributed by atoms with E-state index in [2.05, 4.69) is 6.92 Å². The third-order valence-electron chi connectivity index (χ3n) is 3.47. The van der Waals surface area contributed by atoms with Crippen LogP contribution in [0.5, 0.6) is 0 Å². The summed E-state index contributed by atoms with van der Waals surface area (Å²) in [5.74, 6) is -2.17. The van der Waals surface area contributed by atoms with E-state index in [1.165, 1.54) is 45.1 Å². The molecule has 0 aliphatic heterocycles. The molecular formula is C16H28O4. The van der Waals surface area contributed by atoms with Gasteiger partial charge in [-0.2, -0.15) is 0 Å². The molecule has 0 aliphatic rings. The molecule has 0 spiro atoms. The standard InChI is InChI=1S/C16H28O4/c1-3-4-5-6-7-8-9-10-11-12-16(2,15(19)20)13-14(17)18/h11-12H,3-10,13H2,1-2H3,(H,17,18)(H,19,20). The van der Waals surface area contributed by atoms with Crippen molar-refractivity contribution in [2.75, 3.05) is 0 Å². The lowest BCUT2D eigenvalue weighted by molar-refractivity contribution is -0.151. The molecular weight excluding hydrogens is 256 g/mol. The van der Waals surface area contributed by atoms with Crippen LogP contribution in [0.15, 0.2) is 12.2 Å². The van der Waals surface area contributed by atoms with Gasteiger partial charge >= 0.3 is 11.9 Å². The number of carbonyl (C=O) groups is 2. The Hall–Kier alpha value is -1.32. The zero-order valence-corrected chi connectivity index (χ0v) is 12.7. The molecule has 4 heteroatoms. The van der Waals surface area contributed by atoms with Crippen LogP contribution in [0, 0.1) is 5.41 Å². The maximum absolute atomic E-state index is 11.1. The van der Waals surface area contributed by atoms with Crippen LogP contribution < -0.4 is 0 Å². The Kier molecular flexibility index (Phi) is 9.77. The predicted molar refractivity (Wildman–Crippen MR) is 79.7 cm³/mol. The number of unbranched alkanes of at least 4 members (excludes halogenated alkanes) is 7. The largest absolute Gasteiger partial charge is 0.481 e. The summed E-state index contributed by atoms with van der Waals surface area (Å²) >= 11 is 0. The van der Waals surface area contributed by atoms with Crippen LogP contribution in [0.3, 0.4) is 0 Å². The number of aliphatic carboxylic acids is 2. The Morgan fingerprint density at radius 1 is 1.00 bits per heavy atom. The third-order valence-corrected chi connectivity index (χ3v) is 3.47. The first-order valence-electron chi connectivity index (χ1n) is 7.55. The van der Waals surface area contributed by atoms with Crippen LogP contribution in [0.2, 0.25) is 0 Å². The van der Waals surface area contributed by atoms with Gasteiger partial charge in [-0.05, 0) is 19.8 Å². The Bertz CT molecular complexity index is 322. The van der Waals surface area contributed by atoms with E-state index < -0.39 is 17.4 Å². The summed E-state index contributed by atoms with van der Waals surface area (Å²) in [7, 11) is 0. The summed E-state index contributed by atoms with van der Waals surface area (Å²) in [5.41, 5.74) is -1.30. The first-order valence-corrected chi connectivity index (χ1v) is 7.55. The zero-order valence-electron chi connectivity index (χ0n) is 12.7. The molecule has 20 heavy (non-hydrogen) atoms. The smallest absolute Gasteiger partial charge is 0.313 e. The lowest BCUT2D eigenvalue weighted by Crippen LogP contribution is -2.28. The molecule has 0 aromatic carbocycles. The monoisotopic (exact) mass is 284 g/mol. The van der Waals surface area contributed by atoms with Crippen LogP contribution in [-0.2, 0) is 9.59 Å². The molecule has 0 aliphatic carbocycles. The molecule has 1 unspecified atom stereocenters. The SMILES string of the molecule is CCCCCCCCCC=CC(C)(CC(=O)O)C(=O)O. The molecule has 0 rings (SSSR count). The Balaban J connectivity index is 3.90. The van der Waals surface area contributed by atoms with Crippen molar-refractivity contribution in [1.82, 2.24) is 0 Å². The van der Waals surface area contributed by atoms with Crippen molar-refractivity contribution in [3.63, 3.8) is 0 Å². The molecule has 2 N–H and O–H groups in total. The molecule has 0 aromatic rings. The van der Waals surface area contributed by atoms with Gasteiger partial charge in [0.25, 0.3) is 0 Å². The Morgan fingerprint density at radius 2 is 1.55 bits per heavy atom. The van der Waals surface area contributed by atoms with Crippen LogP contribution >= 0.6 is 0 Å². The highest BCUT2D eigenvalue weighted by atomic mass is 16.4.